The Labute approximate surface area is 180 Å². The van der Waals surface area contributed by atoms with Gasteiger partial charge in [-0.2, -0.15) is 0 Å². The molecule has 7 heteroatoms. The summed E-state index contributed by atoms with van der Waals surface area (Å²) < 4.78 is 29.8. The number of carbonyl (C=O) groups is 1. The first kappa shape index (κ1) is 19.5. The van der Waals surface area contributed by atoms with E-state index in [1.165, 1.54) is 0 Å². The van der Waals surface area contributed by atoms with Crippen LogP contribution >= 0.6 is 0 Å². The number of benzene rings is 3. The van der Waals surface area contributed by atoms with Crippen molar-refractivity contribution in [1.82, 2.24) is 0 Å². The van der Waals surface area contributed by atoms with Crippen molar-refractivity contribution in [2.45, 2.75) is 16.4 Å². The average molecular weight is 433 g/mol. The van der Waals surface area contributed by atoms with Gasteiger partial charge in [0.2, 0.25) is 11.4 Å². The van der Waals surface area contributed by atoms with Crippen LogP contribution in [-0.2, 0) is 14.7 Å². The molecule has 0 amide bonds. The predicted octanol–water partition coefficient (Wildman–Crippen LogP) is 3.62. The highest BCUT2D eigenvalue weighted by Gasteiger charge is 2.58. The summed E-state index contributed by atoms with van der Waals surface area (Å²) in [7, 11) is -3.35. The molecule has 1 spiro atoms. The van der Waals surface area contributed by atoms with Gasteiger partial charge < -0.3 is 9.57 Å². The molecule has 2 unspecified atom stereocenters. The quantitative estimate of drug-likeness (QED) is 0.630. The molecule has 0 aromatic heterocycles. The molecular formula is C24H19NO5S. The molecule has 156 valence electrons. The Morgan fingerprint density at radius 1 is 0.935 bits per heavy atom. The third-order valence-corrected chi connectivity index (χ3v) is 6.84. The predicted molar refractivity (Wildman–Crippen MR) is 115 cm³/mol. The summed E-state index contributed by atoms with van der Waals surface area (Å²) in [5.41, 5.74) is 1.22. The number of nitrogens with zero attached hydrogens (tertiary/aromatic N) is 1. The second-order valence-electron chi connectivity index (χ2n) is 7.71. The average Bonchev–Trinajstić information content (AvgIpc) is 3.17. The van der Waals surface area contributed by atoms with Gasteiger partial charge in [-0.1, -0.05) is 59.8 Å². The summed E-state index contributed by atoms with van der Waals surface area (Å²) in [5.74, 6) is -0.258. The Kier molecular flexibility index (Phi) is 4.44. The van der Waals surface area contributed by atoms with E-state index in [1.807, 2.05) is 36.4 Å². The van der Waals surface area contributed by atoms with Crippen molar-refractivity contribution >= 4 is 21.3 Å². The van der Waals surface area contributed by atoms with E-state index in [0.29, 0.717) is 17.0 Å². The van der Waals surface area contributed by atoms with Crippen molar-refractivity contribution in [1.29, 1.82) is 0 Å². The van der Waals surface area contributed by atoms with E-state index in [4.69, 9.17) is 9.57 Å². The monoisotopic (exact) mass is 433 g/mol. The molecule has 2 atom stereocenters. The summed E-state index contributed by atoms with van der Waals surface area (Å²) in [6.45, 7) is 0.00117. The number of Topliss-reactive ketones (excluding diaryl/α,β-unsaturated/α-hetero) is 1. The number of carbonyl (C=O) groups excluding carboxylic acids is 1. The number of para-hydroxylation sites is 1. The van der Waals surface area contributed by atoms with Crippen LogP contribution in [0.1, 0.15) is 27.4 Å². The first-order valence-corrected chi connectivity index (χ1v) is 11.7. The maximum absolute atomic E-state index is 13.7. The van der Waals surface area contributed by atoms with Crippen LogP contribution < -0.4 is 4.74 Å². The van der Waals surface area contributed by atoms with E-state index >= 15 is 0 Å². The van der Waals surface area contributed by atoms with Crippen LogP contribution in [0.25, 0.3) is 0 Å². The van der Waals surface area contributed by atoms with Gasteiger partial charge in [-0.3, -0.25) is 4.79 Å². The number of rotatable bonds is 3. The molecule has 0 saturated carbocycles. The molecule has 3 aromatic rings. The Balaban J connectivity index is 1.65. The molecule has 3 aromatic carbocycles. The first-order chi connectivity index (χ1) is 14.9. The molecule has 0 fully saturated rings. The summed E-state index contributed by atoms with van der Waals surface area (Å²) >= 11 is 0. The molecule has 2 aliphatic rings. The minimum absolute atomic E-state index is 0.00117. The molecule has 2 aliphatic heterocycles. The van der Waals surface area contributed by atoms with Gasteiger partial charge in [0.15, 0.2) is 9.84 Å². The van der Waals surface area contributed by atoms with Crippen molar-refractivity contribution in [2.75, 3.05) is 12.9 Å². The summed E-state index contributed by atoms with van der Waals surface area (Å²) in [6.07, 6.45) is 1.16. The van der Waals surface area contributed by atoms with Crippen molar-refractivity contribution in [3.63, 3.8) is 0 Å². The van der Waals surface area contributed by atoms with Gasteiger partial charge in [-0.15, -0.1) is 0 Å². The van der Waals surface area contributed by atoms with E-state index in [9.17, 15) is 13.2 Å². The highest BCUT2D eigenvalue weighted by molar-refractivity contribution is 7.90. The number of oxime groups is 1. The Morgan fingerprint density at radius 2 is 1.61 bits per heavy atom. The van der Waals surface area contributed by atoms with Crippen molar-refractivity contribution in [2.24, 2.45) is 5.16 Å². The van der Waals surface area contributed by atoms with E-state index in [2.05, 4.69) is 5.16 Å². The molecule has 31 heavy (non-hydrogen) atoms. The lowest BCUT2D eigenvalue weighted by atomic mass is 9.73. The molecular weight excluding hydrogens is 414 g/mol. The Morgan fingerprint density at radius 3 is 2.32 bits per heavy atom. The highest BCUT2D eigenvalue weighted by Crippen LogP contribution is 2.46. The van der Waals surface area contributed by atoms with Gasteiger partial charge in [0.1, 0.15) is 12.4 Å². The fourth-order valence-corrected chi connectivity index (χ4v) is 4.79. The molecule has 2 heterocycles. The lowest BCUT2D eigenvalue weighted by molar-refractivity contribution is -0.0431. The van der Waals surface area contributed by atoms with Crippen LogP contribution in [0.5, 0.6) is 5.75 Å². The van der Waals surface area contributed by atoms with Gasteiger partial charge >= 0.3 is 0 Å². The summed E-state index contributed by atoms with van der Waals surface area (Å²) in [4.78, 5) is 19.7. The molecule has 0 N–H and O–H groups in total. The molecule has 6 nitrogen and oxygen atoms in total. The second kappa shape index (κ2) is 7.06. The topological polar surface area (TPSA) is 82.0 Å². The lowest BCUT2D eigenvalue weighted by Crippen LogP contribution is -2.52. The highest BCUT2D eigenvalue weighted by atomic mass is 32.2. The van der Waals surface area contributed by atoms with Crippen LogP contribution in [0.15, 0.2) is 88.9 Å². The van der Waals surface area contributed by atoms with Crippen molar-refractivity contribution in [3.8, 4) is 5.75 Å². The maximum atomic E-state index is 13.7. The first-order valence-electron chi connectivity index (χ1n) is 9.78. The molecule has 0 saturated heterocycles. The summed E-state index contributed by atoms with van der Waals surface area (Å²) in [5, 5.41) is 4.33. The number of hydrogen-bond acceptors (Lipinski definition) is 6. The molecule has 5 rings (SSSR count). The largest absolute Gasteiger partial charge is 0.488 e. The number of fused-ring (bicyclic) bond motifs is 1. The maximum Gasteiger partial charge on any atom is 0.245 e. The minimum atomic E-state index is -3.35. The van der Waals surface area contributed by atoms with Crippen molar-refractivity contribution in [3.05, 3.63) is 95.6 Å². The van der Waals surface area contributed by atoms with E-state index in [0.717, 1.165) is 17.4 Å². The number of sulfone groups is 1. The van der Waals surface area contributed by atoms with Gasteiger partial charge in [-0.25, -0.2) is 8.42 Å². The lowest BCUT2D eigenvalue weighted by Gasteiger charge is -2.35. The SMILES string of the molecule is CS(=O)(=O)c1ccc(C2C(c3ccccc3)=NOC23COc2ccccc2C3=O)cc1. The van der Waals surface area contributed by atoms with Crippen LogP contribution in [0.4, 0.5) is 0 Å². The Bertz CT molecular complexity index is 1300. The zero-order valence-corrected chi connectivity index (χ0v) is 17.5. The fraction of sp³-hybridized carbons (Fsp3) is 0.167. The Hall–Kier alpha value is -3.45. The zero-order chi connectivity index (χ0) is 21.6. The number of hydrogen-bond donors (Lipinski definition) is 0. The third kappa shape index (κ3) is 3.13. The summed E-state index contributed by atoms with van der Waals surface area (Å²) in [6, 6.07) is 23.1. The van der Waals surface area contributed by atoms with Crippen LogP contribution in [0.2, 0.25) is 0 Å². The fourth-order valence-electron chi connectivity index (χ4n) is 4.16. The molecule has 0 radical (unpaired) electrons. The van der Waals surface area contributed by atoms with Gasteiger partial charge in [0.05, 0.1) is 22.1 Å². The smallest absolute Gasteiger partial charge is 0.245 e. The van der Waals surface area contributed by atoms with Crippen LogP contribution in [-0.4, -0.2) is 38.4 Å². The van der Waals surface area contributed by atoms with Crippen LogP contribution in [0, 0.1) is 0 Å². The normalized spacial score (nSPS) is 22.4. The van der Waals surface area contributed by atoms with E-state index in [-0.39, 0.29) is 17.3 Å². The zero-order valence-electron chi connectivity index (χ0n) is 16.7. The van der Waals surface area contributed by atoms with Crippen molar-refractivity contribution < 1.29 is 22.8 Å². The minimum Gasteiger partial charge on any atom is -0.488 e. The number of ketones is 1. The second-order valence-corrected chi connectivity index (χ2v) is 9.73. The molecule has 0 bridgehead atoms. The van der Waals surface area contributed by atoms with Gasteiger partial charge in [0, 0.05) is 11.8 Å². The van der Waals surface area contributed by atoms with Gasteiger partial charge in [0.25, 0.3) is 0 Å². The van der Waals surface area contributed by atoms with E-state index in [1.54, 1.807) is 42.5 Å². The number of ether oxygens (including phenoxy) is 1. The third-order valence-electron chi connectivity index (χ3n) is 5.72. The molecule has 0 aliphatic carbocycles. The van der Waals surface area contributed by atoms with Crippen LogP contribution in [0.3, 0.4) is 0 Å². The van der Waals surface area contributed by atoms with Gasteiger partial charge in [-0.05, 0) is 29.8 Å². The standard InChI is InChI=1S/C24H19NO5S/c1-31(27,28)18-13-11-16(12-14-18)21-22(17-7-3-2-4-8-17)25-30-24(21)15-29-20-10-6-5-9-19(20)23(24)26/h2-14,21H,15H2,1H3. The van der Waals surface area contributed by atoms with E-state index < -0.39 is 21.4 Å².